The number of hydrogen-bond donors (Lipinski definition) is 2. The average Bonchev–Trinajstić information content (AvgIpc) is 2.01. The molecule has 0 bridgehead atoms. The molecular formula is C11H16N2. The van der Waals surface area contributed by atoms with Crippen molar-refractivity contribution in [3.63, 3.8) is 0 Å². The third kappa shape index (κ3) is 1.62. The summed E-state index contributed by atoms with van der Waals surface area (Å²) in [4.78, 5) is 0. The van der Waals surface area contributed by atoms with Gasteiger partial charge in [0.25, 0.3) is 0 Å². The van der Waals surface area contributed by atoms with Crippen LogP contribution < -0.4 is 11.1 Å². The van der Waals surface area contributed by atoms with E-state index in [4.69, 9.17) is 5.73 Å². The molecule has 1 aliphatic heterocycles. The molecule has 0 saturated carbocycles. The molecule has 0 saturated heterocycles. The van der Waals surface area contributed by atoms with E-state index in [2.05, 4.69) is 31.3 Å². The average molecular weight is 176 g/mol. The van der Waals surface area contributed by atoms with Crippen LogP contribution in [0.4, 0.5) is 11.4 Å². The Balaban J connectivity index is 2.38. The fourth-order valence-electron chi connectivity index (χ4n) is 1.84. The molecule has 0 fully saturated rings. The van der Waals surface area contributed by atoms with Gasteiger partial charge in [0.1, 0.15) is 0 Å². The number of nitrogens with two attached hydrogens (primary N) is 1. The second-order valence-corrected chi connectivity index (χ2v) is 4.61. The Hall–Kier alpha value is -1.18. The van der Waals surface area contributed by atoms with Crippen LogP contribution in [-0.4, -0.2) is 6.54 Å². The standard InChI is InChI=1S/C11H16N2/c1-11(2)6-8-5-9(12)3-4-10(8)13-7-11/h3-5,13H,6-7,12H2,1-2H3. The van der Waals surface area contributed by atoms with Crippen LogP contribution in [0.25, 0.3) is 0 Å². The maximum atomic E-state index is 5.74. The molecule has 13 heavy (non-hydrogen) atoms. The molecule has 1 aromatic carbocycles. The molecule has 70 valence electrons. The molecule has 2 heteroatoms. The zero-order valence-electron chi connectivity index (χ0n) is 8.22. The van der Waals surface area contributed by atoms with E-state index < -0.39 is 0 Å². The Morgan fingerprint density at radius 2 is 2.15 bits per heavy atom. The predicted molar refractivity (Wildman–Crippen MR) is 56.8 cm³/mol. The Morgan fingerprint density at radius 1 is 1.38 bits per heavy atom. The normalized spacial score (nSPS) is 18.9. The number of benzene rings is 1. The van der Waals surface area contributed by atoms with E-state index in [1.54, 1.807) is 0 Å². The highest BCUT2D eigenvalue weighted by Gasteiger charge is 2.24. The summed E-state index contributed by atoms with van der Waals surface area (Å²) >= 11 is 0. The number of anilines is 2. The van der Waals surface area contributed by atoms with E-state index in [1.165, 1.54) is 11.3 Å². The molecule has 0 unspecified atom stereocenters. The summed E-state index contributed by atoms with van der Waals surface area (Å²) in [5.74, 6) is 0. The molecule has 0 spiro atoms. The van der Waals surface area contributed by atoms with Crippen molar-refractivity contribution in [3.8, 4) is 0 Å². The monoisotopic (exact) mass is 176 g/mol. The van der Waals surface area contributed by atoms with Gasteiger partial charge in [0.15, 0.2) is 0 Å². The van der Waals surface area contributed by atoms with Crippen LogP contribution in [0.2, 0.25) is 0 Å². The van der Waals surface area contributed by atoms with Gasteiger partial charge < -0.3 is 11.1 Å². The first-order valence-electron chi connectivity index (χ1n) is 4.69. The van der Waals surface area contributed by atoms with Crippen molar-refractivity contribution in [2.24, 2.45) is 5.41 Å². The lowest BCUT2D eigenvalue weighted by Crippen LogP contribution is -2.30. The summed E-state index contributed by atoms with van der Waals surface area (Å²) in [5, 5.41) is 3.42. The van der Waals surface area contributed by atoms with Crippen molar-refractivity contribution in [1.82, 2.24) is 0 Å². The van der Waals surface area contributed by atoms with Crippen LogP contribution in [0, 0.1) is 5.41 Å². The second-order valence-electron chi connectivity index (χ2n) is 4.61. The quantitative estimate of drug-likeness (QED) is 0.595. The highest BCUT2D eigenvalue weighted by molar-refractivity contribution is 5.59. The van der Waals surface area contributed by atoms with Gasteiger partial charge in [-0.25, -0.2) is 0 Å². The largest absolute Gasteiger partial charge is 0.399 e. The third-order valence-corrected chi connectivity index (χ3v) is 2.56. The minimum absolute atomic E-state index is 0.348. The summed E-state index contributed by atoms with van der Waals surface area (Å²) in [5.41, 5.74) is 9.54. The van der Waals surface area contributed by atoms with Crippen molar-refractivity contribution in [2.75, 3.05) is 17.6 Å². The predicted octanol–water partition coefficient (Wildman–Crippen LogP) is 2.26. The van der Waals surface area contributed by atoms with Gasteiger partial charge in [-0.15, -0.1) is 0 Å². The van der Waals surface area contributed by atoms with Gasteiger partial charge in [-0.3, -0.25) is 0 Å². The maximum absolute atomic E-state index is 5.74. The van der Waals surface area contributed by atoms with Gasteiger partial charge >= 0.3 is 0 Å². The molecule has 0 atom stereocenters. The van der Waals surface area contributed by atoms with Crippen molar-refractivity contribution < 1.29 is 0 Å². The number of hydrogen-bond acceptors (Lipinski definition) is 2. The van der Waals surface area contributed by atoms with E-state index in [1.807, 2.05) is 6.07 Å². The first kappa shape index (κ1) is 8.42. The zero-order chi connectivity index (χ0) is 9.47. The van der Waals surface area contributed by atoms with Gasteiger partial charge in [-0.2, -0.15) is 0 Å². The Labute approximate surface area is 79.1 Å². The number of nitrogen functional groups attached to an aromatic ring is 1. The van der Waals surface area contributed by atoms with Crippen LogP contribution in [0.15, 0.2) is 18.2 Å². The van der Waals surface area contributed by atoms with Crippen molar-refractivity contribution >= 4 is 11.4 Å². The molecule has 0 amide bonds. The molecule has 1 aromatic rings. The second kappa shape index (κ2) is 2.66. The molecule has 0 aromatic heterocycles. The van der Waals surface area contributed by atoms with Crippen LogP contribution in [-0.2, 0) is 6.42 Å². The number of fused-ring (bicyclic) bond motifs is 1. The highest BCUT2D eigenvalue weighted by Crippen LogP contribution is 2.32. The summed E-state index contributed by atoms with van der Waals surface area (Å²) in [6, 6.07) is 6.09. The molecule has 3 N–H and O–H groups in total. The minimum atomic E-state index is 0.348. The topological polar surface area (TPSA) is 38.0 Å². The lowest BCUT2D eigenvalue weighted by atomic mass is 9.82. The summed E-state index contributed by atoms with van der Waals surface area (Å²) in [7, 11) is 0. The van der Waals surface area contributed by atoms with Crippen molar-refractivity contribution in [1.29, 1.82) is 0 Å². The molecule has 2 rings (SSSR count). The smallest absolute Gasteiger partial charge is 0.0374 e. The Kier molecular flexibility index (Phi) is 1.72. The van der Waals surface area contributed by atoms with E-state index in [0.717, 1.165) is 18.7 Å². The van der Waals surface area contributed by atoms with Gasteiger partial charge in [0.2, 0.25) is 0 Å². The van der Waals surface area contributed by atoms with E-state index in [0.29, 0.717) is 5.41 Å². The molecule has 1 heterocycles. The Morgan fingerprint density at radius 3 is 2.92 bits per heavy atom. The molecule has 0 aliphatic carbocycles. The van der Waals surface area contributed by atoms with Crippen LogP contribution >= 0.6 is 0 Å². The zero-order valence-corrected chi connectivity index (χ0v) is 8.22. The molecule has 2 nitrogen and oxygen atoms in total. The van der Waals surface area contributed by atoms with Crippen molar-refractivity contribution in [2.45, 2.75) is 20.3 Å². The first-order valence-corrected chi connectivity index (χ1v) is 4.69. The fraction of sp³-hybridized carbons (Fsp3) is 0.455. The summed E-state index contributed by atoms with van der Waals surface area (Å²) in [6.45, 7) is 5.59. The molecular weight excluding hydrogens is 160 g/mol. The number of rotatable bonds is 0. The summed E-state index contributed by atoms with van der Waals surface area (Å²) < 4.78 is 0. The SMILES string of the molecule is CC1(C)CNc2ccc(N)cc2C1. The molecule has 0 radical (unpaired) electrons. The Bertz CT molecular complexity index is 329. The molecule has 1 aliphatic rings. The van der Waals surface area contributed by atoms with Crippen LogP contribution in [0.3, 0.4) is 0 Å². The van der Waals surface area contributed by atoms with Crippen molar-refractivity contribution in [3.05, 3.63) is 23.8 Å². The summed E-state index contributed by atoms with van der Waals surface area (Å²) in [6.07, 6.45) is 1.11. The van der Waals surface area contributed by atoms with Gasteiger partial charge in [0.05, 0.1) is 0 Å². The third-order valence-electron chi connectivity index (χ3n) is 2.56. The van der Waals surface area contributed by atoms with Crippen LogP contribution in [0.5, 0.6) is 0 Å². The van der Waals surface area contributed by atoms with Gasteiger partial charge in [-0.05, 0) is 35.6 Å². The first-order chi connectivity index (χ1) is 6.07. The lowest BCUT2D eigenvalue weighted by molar-refractivity contribution is 0.379. The fourth-order valence-corrected chi connectivity index (χ4v) is 1.84. The maximum Gasteiger partial charge on any atom is 0.0374 e. The van der Waals surface area contributed by atoms with Gasteiger partial charge in [0, 0.05) is 17.9 Å². The lowest BCUT2D eigenvalue weighted by Gasteiger charge is -2.32. The minimum Gasteiger partial charge on any atom is -0.399 e. The number of nitrogens with one attached hydrogen (secondary N) is 1. The van der Waals surface area contributed by atoms with E-state index in [-0.39, 0.29) is 0 Å². The van der Waals surface area contributed by atoms with Gasteiger partial charge in [-0.1, -0.05) is 13.8 Å². The van der Waals surface area contributed by atoms with E-state index in [9.17, 15) is 0 Å². The highest BCUT2D eigenvalue weighted by atomic mass is 14.9. The van der Waals surface area contributed by atoms with Crippen LogP contribution in [0.1, 0.15) is 19.4 Å². The van der Waals surface area contributed by atoms with E-state index >= 15 is 0 Å².